The van der Waals surface area contributed by atoms with Crippen LogP contribution in [0.3, 0.4) is 0 Å². The number of anilines is 3. The lowest BCUT2D eigenvalue weighted by Crippen LogP contribution is -2.34. The third-order valence-corrected chi connectivity index (χ3v) is 22.5. The van der Waals surface area contributed by atoms with E-state index in [2.05, 4.69) is 9.47 Å². The molecule has 0 aliphatic carbocycles. The molecule has 0 fully saturated rings. The molecule has 9 rings (SSSR count). The van der Waals surface area contributed by atoms with Crippen molar-refractivity contribution in [3.05, 3.63) is 179 Å². The molecule has 488 valence electrons. The molecule has 3 heterocycles. The van der Waals surface area contributed by atoms with Crippen LogP contribution in [0.5, 0.6) is 0 Å². The summed E-state index contributed by atoms with van der Waals surface area (Å²) in [7, 11) is -10.9. The second-order valence-corrected chi connectivity index (χ2v) is 28.2. The van der Waals surface area contributed by atoms with Crippen molar-refractivity contribution in [2.75, 3.05) is 46.8 Å². The summed E-state index contributed by atoms with van der Waals surface area (Å²) in [5.41, 5.74) is 0.109. The van der Waals surface area contributed by atoms with Gasteiger partial charge in [0, 0.05) is 44.5 Å². The number of ether oxygens (including phenoxy) is 2. The molecule has 0 aliphatic heterocycles. The van der Waals surface area contributed by atoms with Gasteiger partial charge >= 0.3 is 36.4 Å². The number of thiophene rings is 3. The van der Waals surface area contributed by atoms with Crippen molar-refractivity contribution < 1.29 is 103 Å². The Bertz CT molecular complexity index is 4520. The molecule has 0 amide bonds. The smallest absolute Gasteiger partial charge is 0.390 e. The van der Waals surface area contributed by atoms with Gasteiger partial charge in [0.2, 0.25) is 0 Å². The fourth-order valence-corrected chi connectivity index (χ4v) is 17.5. The molecular weight excluding hydrogens is 1350 g/mol. The first kappa shape index (κ1) is 71.0. The first-order chi connectivity index (χ1) is 43.0. The van der Waals surface area contributed by atoms with Crippen LogP contribution >= 0.6 is 34.0 Å². The van der Waals surface area contributed by atoms with Crippen LogP contribution in [0, 0.1) is 0 Å². The topological polar surface area (TPSA) is 236 Å². The fourth-order valence-electron chi connectivity index (χ4n) is 8.80. The summed E-state index contributed by atoms with van der Waals surface area (Å²) in [4.78, 5) is 58.0. The van der Waals surface area contributed by atoms with Gasteiger partial charge in [-0.05, 0) is 116 Å². The highest BCUT2D eigenvalue weighted by atomic mass is 32.2. The number of nitrogens with zero attached hydrogens (tertiary/aromatic N) is 3. The van der Waals surface area contributed by atoms with Crippen LogP contribution in [-0.2, 0) is 39.5 Å². The second kappa shape index (κ2) is 28.6. The van der Waals surface area contributed by atoms with E-state index in [1.165, 1.54) is 57.4 Å². The lowest BCUT2D eigenvalue weighted by atomic mass is 10.1. The number of alkyl halides is 9. The number of ketones is 2. The number of fused-ring (bicyclic) bond motifs is 3. The van der Waals surface area contributed by atoms with Crippen LogP contribution in [0.25, 0.3) is 30.3 Å². The van der Waals surface area contributed by atoms with E-state index in [0.29, 0.717) is 28.8 Å². The molecule has 0 unspecified atom stereocenters. The highest BCUT2D eigenvalue weighted by Crippen LogP contribution is 2.44. The van der Waals surface area contributed by atoms with E-state index in [4.69, 9.17) is 5.11 Å². The van der Waals surface area contributed by atoms with Crippen LogP contribution < -0.4 is 12.9 Å². The van der Waals surface area contributed by atoms with Gasteiger partial charge in [-0.25, -0.2) is 39.6 Å². The van der Waals surface area contributed by atoms with Crippen molar-refractivity contribution in [1.82, 2.24) is 0 Å². The normalized spacial score (nSPS) is 12.1. The average Bonchev–Trinajstić information content (AvgIpc) is 1.56. The summed E-state index contributed by atoms with van der Waals surface area (Å²) >= 11 is 2.93. The van der Waals surface area contributed by atoms with Crippen LogP contribution in [0.2, 0.25) is 0 Å². The van der Waals surface area contributed by atoms with Gasteiger partial charge in [-0.1, -0.05) is 54.6 Å². The number of esters is 2. The van der Waals surface area contributed by atoms with Gasteiger partial charge in [-0.3, -0.25) is 22.5 Å². The number of carbonyl (C=O) groups excluding carboxylic acids is 4. The van der Waals surface area contributed by atoms with Gasteiger partial charge in [0.05, 0.1) is 76.0 Å². The Morgan fingerprint density at radius 2 is 0.750 bits per heavy atom. The average molecular weight is 1400 g/mol. The van der Waals surface area contributed by atoms with Crippen molar-refractivity contribution >= 4 is 139 Å². The Labute approximate surface area is 531 Å². The zero-order chi connectivity index (χ0) is 67.9. The van der Waals surface area contributed by atoms with Crippen molar-refractivity contribution in [2.24, 2.45) is 0 Å². The van der Waals surface area contributed by atoms with Crippen LogP contribution in [-0.4, -0.2) is 112 Å². The van der Waals surface area contributed by atoms with Gasteiger partial charge in [0.15, 0.2) is 11.6 Å². The molecule has 0 bridgehead atoms. The number of hydrogen-bond acceptors (Lipinski definition) is 16. The molecule has 0 atom stereocenters. The number of Topliss-reactive ketones (excluding diaryl/α,β-unsaturated/α-hetero) is 2. The van der Waals surface area contributed by atoms with E-state index in [1.54, 1.807) is 78.9 Å². The summed E-state index contributed by atoms with van der Waals surface area (Å²) in [6.45, 7) is -0.138. The fraction of sp³-hybridized carbons (Fsp3) is 0.217. The standard InChI is InChI=1S/C21H18F3NO5S2.C20H16F3NO5S2.C19H16F3NO4S2/c1-13(26)18-16-5-3-4-6-17(16)31-19(18)25(12-11-21(22,23)24)32(28,29)15-9-7-14(8-10-15)20(27)30-2;1-12(25)17-15-4-2-3-5-16(15)30-18(17)24(11-10-20(21,22)23)31(28,29)14-8-6-13(7-9-14)19(26)27;1-27-18(24)13-6-8-15(9-7-13)29(25,26)23(11-10-19(20,21)22)17-12-14-4-2-3-5-16(14)28-17/h3-10H,11-12H2,1-2H3;2-9H,10-11H2,1H3,(H,26,27);2-9,12H,10-11H2,1H3. The number of methoxy groups -OCH3 is 2. The molecule has 6 aromatic carbocycles. The first-order valence-electron chi connectivity index (χ1n) is 26.5. The molecule has 0 aliphatic rings. The predicted molar refractivity (Wildman–Crippen MR) is 330 cm³/mol. The summed E-state index contributed by atoms with van der Waals surface area (Å²) < 4.78 is 209. The first-order valence-corrected chi connectivity index (χ1v) is 33.3. The third kappa shape index (κ3) is 17.0. The summed E-state index contributed by atoms with van der Waals surface area (Å²) in [5, 5.41) is 10.6. The third-order valence-electron chi connectivity index (χ3n) is 13.2. The Morgan fingerprint density at radius 1 is 0.435 bits per heavy atom. The lowest BCUT2D eigenvalue weighted by molar-refractivity contribution is -0.132. The molecule has 0 saturated heterocycles. The van der Waals surface area contributed by atoms with E-state index in [9.17, 15) is 88.7 Å². The van der Waals surface area contributed by atoms with Gasteiger partial charge in [0.25, 0.3) is 30.1 Å². The van der Waals surface area contributed by atoms with Crippen LogP contribution in [0.15, 0.2) is 166 Å². The largest absolute Gasteiger partial charge is 0.478 e. The molecule has 17 nitrogen and oxygen atoms in total. The summed E-state index contributed by atoms with van der Waals surface area (Å²) in [6.07, 6.45) is -17.9. The van der Waals surface area contributed by atoms with Gasteiger partial charge in [-0.15, -0.1) is 34.0 Å². The number of carbonyl (C=O) groups is 5. The zero-order valence-corrected chi connectivity index (χ0v) is 53.0. The number of aromatic carboxylic acids is 1. The Morgan fingerprint density at radius 3 is 1.08 bits per heavy atom. The molecule has 9 aromatic rings. The number of benzene rings is 6. The number of halogens is 9. The molecular formula is C60H50F9N3O14S6. The van der Waals surface area contributed by atoms with E-state index >= 15 is 0 Å². The predicted octanol–water partition coefficient (Wildman–Crippen LogP) is 14.8. The number of rotatable bonds is 20. The van der Waals surface area contributed by atoms with E-state index in [0.717, 1.165) is 91.9 Å². The number of carboxylic acids is 1. The second-order valence-electron chi connectivity index (χ2n) is 19.5. The lowest BCUT2D eigenvalue weighted by Gasteiger charge is -2.24. The Kier molecular flexibility index (Phi) is 22.1. The maximum absolute atomic E-state index is 13.4. The van der Waals surface area contributed by atoms with E-state index in [1.807, 2.05) is 0 Å². The number of carboxylic acid groups (broad SMARTS) is 1. The molecule has 3 aromatic heterocycles. The quantitative estimate of drug-likeness (QED) is 0.0424. The monoisotopic (exact) mass is 1400 g/mol. The van der Waals surface area contributed by atoms with Crippen molar-refractivity contribution in [3.8, 4) is 0 Å². The number of sulfonamides is 3. The van der Waals surface area contributed by atoms with Crippen molar-refractivity contribution in [2.45, 2.75) is 66.3 Å². The number of hydrogen-bond donors (Lipinski definition) is 1. The van der Waals surface area contributed by atoms with Crippen molar-refractivity contribution in [1.29, 1.82) is 0 Å². The van der Waals surface area contributed by atoms with E-state index in [-0.39, 0.29) is 57.5 Å². The van der Waals surface area contributed by atoms with Gasteiger partial charge in [0.1, 0.15) is 15.0 Å². The highest BCUT2D eigenvalue weighted by Gasteiger charge is 2.38. The minimum atomic E-state index is -4.63. The molecule has 0 spiro atoms. The maximum atomic E-state index is 13.4. The summed E-state index contributed by atoms with van der Waals surface area (Å²) in [5.74, 6) is -3.56. The molecule has 92 heavy (non-hydrogen) atoms. The molecule has 1 N–H and O–H groups in total. The van der Waals surface area contributed by atoms with E-state index < -0.39 is 117 Å². The molecule has 32 heteroatoms. The SMILES string of the molecule is CC(=O)c1c(N(CCC(F)(F)F)S(=O)(=O)c2ccc(C(=O)O)cc2)sc2ccccc12.COC(=O)c1ccc(S(=O)(=O)N(CCC(F)(F)F)c2cc3ccccc3s2)cc1.COC(=O)c1ccc(S(=O)(=O)N(CCC(F)(F)F)c2sc3ccccc3c2C(C)=O)cc1. The van der Waals surface area contributed by atoms with Crippen molar-refractivity contribution in [3.63, 3.8) is 0 Å². The van der Waals surface area contributed by atoms with Gasteiger partial charge in [-0.2, -0.15) is 39.5 Å². The molecule has 0 radical (unpaired) electrons. The molecule has 0 saturated carbocycles. The Hall–Kier alpha value is -8.43. The van der Waals surface area contributed by atoms with Crippen LogP contribution in [0.4, 0.5) is 54.5 Å². The van der Waals surface area contributed by atoms with Gasteiger partial charge < -0.3 is 14.6 Å². The highest BCUT2D eigenvalue weighted by molar-refractivity contribution is 7.93. The minimum absolute atomic E-state index is 0.0218. The Balaban J connectivity index is 0.000000196. The maximum Gasteiger partial charge on any atom is 0.390 e. The minimum Gasteiger partial charge on any atom is -0.478 e. The zero-order valence-electron chi connectivity index (χ0n) is 48.1. The summed E-state index contributed by atoms with van der Waals surface area (Å²) in [6, 6.07) is 35.4. The van der Waals surface area contributed by atoms with Crippen LogP contribution in [0.1, 0.15) is 84.9 Å².